The van der Waals surface area contributed by atoms with Crippen LogP contribution in [0.15, 0.2) is 36.7 Å². The maximum absolute atomic E-state index is 12.6. The highest BCUT2D eigenvalue weighted by Crippen LogP contribution is 2.24. The van der Waals surface area contributed by atoms with Crippen LogP contribution in [0.2, 0.25) is 0 Å². The number of rotatable bonds is 5. The third kappa shape index (κ3) is 3.08. The molecule has 19 heavy (non-hydrogen) atoms. The molecular formula is C13H15F2N3O. The Morgan fingerprint density at radius 2 is 2.11 bits per heavy atom. The first-order valence-electron chi connectivity index (χ1n) is 5.86. The molecule has 0 amide bonds. The lowest BCUT2D eigenvalue weighted by Gasteiger charge is -2.14. The van der Waals surface area contributed by atoms with Gasteiger partial charge in [0.05, 0.1) is 0 Å². The molecule has 0 aliphatic carbocycles. The summed E-state index contributed by atoms with van der Waals surface area (Å²) in [6, 6.07) is 7.08. The van der Waals surface area contributed by atoms with Gasteiger partial charge in [-0.3, -0.25) is 4.57 Å². The fourth-order valence-electron chi connectivity index (χ4n) is 1.76. The van der Waals surface area contributed by atoms with Crippen molar-refractivity contribution in [3.05, 3.63) is 48.0 Å². The van der Waals surface area contributed by atoms with E-state index in [4.69, 9.17) is 10.5 Å². The minimum Gasteiger partial charge on any atom is -0.485 e. The second-order valence-electron chi connectivity index (χ2n) is 4.14. The molecule has 1 atom stereocenters. The van der Waals surface area contributed by atoms with Crippen molar-refractivity contribution in [2.45, 2.75) is 26.1 Å². The van der Waals surface area contributed by atoms with Crippen LogP contribution in [0.3, 0.4) is 0 Å². The third-order valence-electron chi connectivity index (χ3n) is 2.73. The first kappa shape index (κ1) is 13.5. The van der Waals surface area contributed by atoms with E-state index in [1.807, 2.05) is 19.1 Å². The fourth-order valence-corrected chi connectivity index (χ4v) is 1.76. The van der Waals surface area contributed by atoms with Crippen molar-refractivity contribution in [1.82, 2.24) is 9.55 Å². The molecule has 1 heterocycles. The van der Waals surface area contributed by atoms with Gasteiger partial charge >= 0.3 is 6.55 Å². The zero-order valence-corrected chi connectivity index (χ0v) is 10.5. The van der Waals surface area contributed by atoms with E-state index >= 15 is 0 Å². The van der Waals surface area contributed by atoms with Crippen molar-refractivity contribution in [3.8, 4) is 5.75 Å². The van der Waals surface area contributed by atoms with E-state index in [0.29, 0.717) is 5.75 Å². The van der Waals surface area contributed by atoms with Crippen molar-refractivity contribution in [1.29, 1.82) is 0 Å². The van der Waals surface area contributed by atoms with Crippen molar-refractivity contribution in [2.75, 3.05) is 0 Å². The van der Waals surface area contributed by atoms with Crippen molar-refractivity contribution < 1.29 is 13.5 Å². The smallest absolute Gasteiger partial charge is 0.320 e. The average Bonchev–Trinajstić information content (AvgIpc) is 2.85. The van der Waals surface area contributed by atoms with Gasteiger partial charge in [-0.15, -0.1) is 0 Å². The number of hydrogen-bond acceptors (Lipinski definition) is 3. The predicted octanol–water partition coefficient (Wildman–Crippen LogP) is 2.88. The lowest BCUT2D eigenvalue weighted by molar-refractivity contribution is 0.0632. The number of nitrogens with zero attached hydrogens (tertiary/aromatic N) is 2. The normalized spacial score (nSPS) is 12.7. The molecule has 1 aromatic carbocycles. The third-order valence-corrected chi connectivity index (χ3v) is 2.73. The van der Waals surface area contributed by atoms with E-state index < -0.39 is 6.55 Å². The maximum atomic E-state index is 12.6. The van der Waals surface area contributed by atoms with Gasteiger partial charge in [0, 0.05) is 24.0 Å². The molecule has 2 N–H and O–H groups in total. The van der Waals surface area contributed by atoms with Gasteiger partial charge in [-0.25, -0.2) is 4.98 Å². The Balaban J connectivity index is 2.13. The molecular weight excluding hydrogens is 252 g/mol. The topological polar surface area (TPSA) is 53.1 Å². The zero-order valence-electron chi connectivity index (χ0n) is 10.5. The summed E-state index contributed by atoms with van der Waals surface area (Å²) < 4.78 is 31.6. The number of nitrogens with two attached hydrogens (primary N) is 1. The predicted molar refractivity (Wildman–Crippen MR) is 66.9 cm³/mol. The number of ether oxygens (including phenoxy) is 1. The Kier molecular flexibility index (Phi) is 4.11. The molecule has 0 saturated carbocycles. The van der Waals surface area contributed by atoms with Crippen LogP contribution in [0.5, 0.6) is 5.75 Å². The molecule has 0 saturated heterocycles. The molecule has 2 aromatic rings. The summed E-state index contributed by atoms with van der Waals surface area (Å²) in [5, 5.41) is 0. The van der Waals surface area contributed by atoms with Crippen LogP contribution in [0.25, 0.3) is 0 Å². The molecule has 1 aromatic heterocycles. The molecule has 4 nitrogen and oxygen atoms in total. The van der Waals surface area contributed by atoms with E-state index in [-0.39, 0.29) is 18.5 Å². The van der Waals surface area contributed by atoms with Gasteiger partial charge in [0.15, 0.2) is 5.82 Å². The summed E-state index contributed by atoms with van der Waals surface area (Å²) in [7, 11) is 0. The average molecular weight is 267 g/mol. The minimum atomic E-state index is -2.62. The molecule has 0 spiro atoms. The lowest BCUT2D eigenvalue weighted by Crippen LogP contribution is -2.10. The van der Waals surface area contributed by atoms with E-state index in [1.54, 1.807) is 12.1 Å². The number of alkyl halides is 2. The number of hydrogen-bond donors (Lipinski definition) is 1. The Labute approximate surface area is 109 Å². The van der Waals surface area contributed by atoms with Crippen LogP contribution in [0.4, 0.5) is 8.78 Å². The molecule has 0 bridgehead atoms. The first-order chi connectivity index (χ1) is 9.09. The molecule has 6 heteroatoms. The van der Waals surface area contributed by atoms with Crippen molar-refractivity contribution in [2.24, 2.45) is 5.73 Å². The number of aromatic nitrogens is 2. The molecule has 0 aliphatic heterocycles. The zero-order chi connectivity index (χ0) is 13.8. The number of benzene rings is 1. The summed E-state index contributed by atoms with van der Waals surface area (Å²) in [6.45, 7) is -0.812. The molecule has 2 rings (SSSR count). The van der Waals surface area contributed by atoms with Crippen LogP contribution in [0, 0.1) is 0 Å². The highest BCUT2D eigenvalue weighted by atomic mass is 19.3. The van der Waals surface area contributed by atoms with Gasteiger partial charge in [0.1, 0.15) is 12.4 Å². The first-order valence-corrected chi connectivity index (χ1v) is 5.86. The summed E-state index contributed by atoms with van der Waals surface area (Å²) in [5.74, 6) is 0.760. The Morgan fingerprint density at radius 3 is 2.79 bits per heavy atom. The van der Waals surface area contributed by atoms with Crippen molar-refractivity contribution >= 4 is 0 Å². The monoisotopic (exact) mass is 267 g/mol. The maximum Gasteiger partial charge on any atom is 0.320 e. The van der Waals surface area contributed by atoms with E-state index in [1.165, 1.54) is 12.4 Å². The number of imidazole rings is 1. The quantitative estimate of drug-likeness (QED) is 0.906. The van der Waals surface area contributed by atoms with Gasteiger partial charge < -0.3 is 10.5 Å². The van der Waals surface area contributed by atoms with E-state index in [2.05, 4.69) is 4.98 Å². The second-order valence-corrected chi connectivity index (χ2v) is 4.14. The summed E-state index contributed by atoms with van der Waals surface area (Å²) in [4.78, 5) is 3.85. The molecule has 0 aliphatic rings. The number of para-hydroxylation sites is 1. The summed E-state index contributed by atoms with van der Waals surface area (Å²) in [5.41, 5.74) is 6.65. The van der Waals surface area contributed by atoms with Crippen LogP contribution in [-0.2, 0) is 6.61 Å². The van der Waals surface area contributed by atoms with Crippen LogP contribution in [0.1, 0.15) is 30.9 Å². The SMILES string of the molecule is C[C@H](N)c1ccccc1OCc1nccn1C(F)F. The van der Waals surface area contributed by atoms with Gasteiger partial charge in [-0.2, -0.15) is 8.78 Å². The van der Waals surface area contributed by atoms with Gasteiger partial charge in [0.25, 0.3) is 0 Å². The molecule has 0 fully saturated rings. The minimum absolute atomic E-state index is 0.0267. The second kappa shape index (κ2) is 5.79. The Hall–Kier alpha value is -1.95. The number of halogens is 2. The van der Waals surface area contributed by atoms with Gasteiger partial charge in [-0.05, 0) is 13.0 Å². The highest BCUT2D eigenvalue weighted by molar-refractivity contribution is 5.35. The standard InChI is InChI=1S/C13H15F2N3O/c1-9(16)10-4-2-3-5-11(10)19-8-12-17-6-7-18(12)13(14)15/h2-7,9,13H,8,16H2,1H3/t9-/m0/s1. The van der Waals surface area contributed by atoms with E-state index in [9.17, 15) is 8.78 Å². The fraction of sp³-hybridized carbons (Fsp3) is 0.308. The highest BCUT2D eigenvalue weighted by Gasteiger charge is 2.13. The van der Waals surface area contributed by atoms with Crippen LogP contribution >= 0.6 is 0 Å². The van der Waals surface area contributed by atoms with Crippen LogP contribution in [-0.4, -0.2) is 9.55 Å². The Bertz CT molecular complexity index is 540. The van der Waals surface area contributed by atoms with Crippen molar-refractivity contribution in [3.63, 3.8) is 0 Å². The molecule has 102 valence electrons. The summed E-state index contributed by atoms with van der Waals surface area (Å²) >= 11 is 0. The van der Waals surface area contributed by atoms with E-state index in [0.717, 1.165) is 10.1 Å². The van der Waals surface area contributed by atoms with Gasteiger partial charge in [-0.1, -0.05) is 18.2 Å². The summed E-state index contributed by atoms with van der Waals surface area (Å²) in [6.07, 6.45) is 2.54. The Morgan fingerprint density at radius 1 is 1.37 bits per heavy atom. The molecule has 0 unspecified atom stereocenters. The largest absolute Gasteiger partial charge is 0.485 e. The van der Waals surface area contributed by atoms with Crippen LogP contribution < -0.4 is 10.5 Å². The molecule has 0 radical (unpaired) electrons. The van der Waals surface area contributed by atoms with Gasteiger partial charge in [0.2, 0.25) is 0 Å². The lowest BCUT2D eigenvalue weighted by atomic mass is 10.1.